The predicted molar refractivity (Wildman–Crippen MR) is 161 cm³/mol. The monoisotopic (exact) mass is 622 g/mol. The number of allylic oxidation sites excluding steroid dienone is 1. The molecule has 1 saturated carbocycles. The van der Waals surface area contributed by atoms with Crippen LogP contribution in [0.15, 0.2) is 48.2 Å². The maximum absolute atomic E-state index is 13.8. The Kier molecular flexibility index (Phi) is 8.70. The molecule has 0 spiro atoms. The number of carboxylic acid groups (broad SMARTS) is 1. The van der Waals surface area contributed by atoms with E-state index in [2.05, 4.69) is 29.1 Å². The van der Waals surface area contributed by atoms with Crippen LogP contribution in [0, 0.1) is 5.92 Å². The van der Waals surface area contributed by atoms with Crippen LogP contribution >= 0.6 is 0 Å². The molecule has 1 N–H and O–H groups in total. The number of nitrogens with zero attached hydrogens (tertiary/aromatic N) is 4. The number of ether oxygens (including phenoxy) is 1. The number of aromatic carboxylic acids is 1. The summed E-state index contributed by atoms with van der Waals surface area (Å²) in [5.74, 6) is 0.00755. The molecule has 3 heterocycles. The molecule has 8 nitrogen and oxygen atoms in total. The zero-order valence-corrected chi connectivity index (χ0v) is 25.3. The Labute approximate surface area is 259 Å². The Morgan fingerprint density at radius 2 is 1.80 bits per heavy atom. The SMILES string of the molecule is CCc1cc(C2CCN(C(=O)C3CC3)CC2)ccc1OCC1=C(c2cccc(-n3ncc(C(=O)O)c3C(F)(F)F)n2)CCCC1. The largest absolute Gasteiger partial charge is 0.489 e. The van der Waals surface area contributed by atoms with Crippen molar-refractivity contribution in [2.45, 2.75) is 76.8 Å². The number of rotatable bonds is 9. The Morgan fingerprint density at radius 3 is 2.49 bits per heavy atom. The van der Waals surface area contributed by atoms with Gasteiger partial charge in [0, 0.05) is 19.0 Å². The third-order valence-electron chi connectivity index (χ3n) is 9.18. The van der Waals surface area contributed by atoms with Gasteiger partial charge in [-0.1, -0.05) is 25.1 Å². The van der Waals surface area contributed by atoms with Crippen molar-refractivity contribution in [3.05, 3.63) is 76.2 Å². The number of carboxylic acids is 1. The number of alkyl halides is 3. The van der Waals surface area contributed by atoms with E-state index in [1.165, 1.54) is 11.6 Å². The average Bonchev–Trinajstić information content (AvgIpc) is 3.79. The molecule has 45 heavy (non-hydrogen) atoms. The smallest absolute Gasteiger partial charge is 0.434 e. The lowest BCUT2D eigenvalue weighted by Crippen LogP contribution is -2.38. The summed E-state index contributed by atoms with van der Waals surface area (Å²) in [7, 11) is 0. The number of aromatic nitrogens is 3. The van der Waals surface area contributed by atoms with Crippen LogP contribution in [0.4, 0.5) is 13.2 Å². The van der Waals surface area contributed by atoms with E-state index in [0.717, 1.165) is 86.9 Å². The highest BCUT2D eigenvalue weighted by molar-refractivity contribution is 5.89. The van der Waals surface area contributed by atoms with E-state index in [4.69, 9.17) is 4.74 Å². The third-order valence-corrected chi connectivity index (χ3v) is 9.18. The molecule has 6 rings (SSSR count). The van der Waals surface area contributed by atoms with Crippen LogP contribution in [0.3, 0.4) is 0 Å². The second kappa shape index (κ2) is 12.7. The van der Waals surface area contributed by atoms with Crippen molar-refractivity contribution in [2.75, 3.05) is 19.7 Å². The number of likely N-dealkylation sites (tertiary alicyclic amines) is 1. The van der Waals surface area contributed by atoms with Crippen molar-refractivity contribution in [3.8, 4) is 11.6 Å². The van der Waals surface area contributed by atoms with E-state index in [1.54, 1.807) is 12.1 Å². The van der Waals surface area contributed by atoms with Gasteiger partial charge in [-0.25, -0.2) is 14.5 Å². The fourth-order valence-electron chi connectivity index (χ4n) is 6.55. The minimum Gasteiger partial charge on any atom is -0.489 e. The Bertz CT molecular complexity index is 1620. The molecule has 1 aliphatic heterocycles. The lowest BCUT2D eigenvalue weighted by molar-refractivity contribution is -0.143. The number of piperidine rings is 1. The van der Waals surface area contributed by atoms with E-state index < -0.39 is 23.4 Å². The van der Waals surface area contributed by atoms with Gasteiger partial charge in [0.15, 0.2) is 11.5 Å². The first-order valence-electron chi connectivity index (χ1n) is 15.8. The second-order valence-electron chi connectivity index (χ2n) is 12.2. The van der Waals surface area contributed by atoms with E-state index in [-0.39, 0.29) is 11.7 Å². The average molecular weight is 623 g/mol. The molecule has 11 heteroatoms. The van der Waals surface area contributed by atoms with E-state index in [0.29, 0.717) is 41.4 Å². The highest BCUT2D eigenvalue weighted by atomic mass is 19.4. The summed E-state index contributed by atoms with van der Waals surface area (Å²) in [6, 6.07) is 11.2. The highest BCUT2D eigenvalue weighted by Gasteiger charge is 2.41. The Hall–Kier alpha value is -4.15. The van der Waals surface area contributed by atoms with E-state index >= 15 is 0 Å². The fourth-order valence-corrected chi connectivity index (χ4v) is 6.55. The van der Waals surface area contributed by atoms with Crippen LogP contribution in [0.5, 0.6) is 5.75 Å². The number of aryl methyl sites for hydroxylation is 1. The van der Waals surface area contributed by atoms with Gasteiger partial charge >= 0.3 is 12.1 Å². The summed E-state index contributed by atoms with van der Waals surface area (Å²) in [5.41, 5.74) is 2.62. The molecule has 0 radical (unpaired) electrons. The second-order valence-corrected chi connectivity index (χ2v) is 12.2. The molecule has 0 atom stereocenters. The number of pyridine rings is 1. The van der Waals surface area contributed by atoms with Crippen molar-refractivity contribution >= 4 is 17.4 Å². The minimum absolute atomic E-state index is 0.0998. The maximum Gasteiger partial charge on any atom is 0.434 e. The molecular formula is C34H37F3N4O4. The van der Waals surface area contributed by atoms with Crippen molar-refractivity contribution in [3.63, 3.8) is 0 Å². The number of carbonyl (C=O) groups excluding carboxylic acids is 1. The van der Waals surface area contributed by atoms with E-state index in [1.807, 2.05) is 11.0 Å². The zero-order chi connectivity index (χ0) is 31.7. The van der Waals surface area contributed by atoms with Crippen molar-refractivity contribution in [1.82, 2.24) is 19.7 Å². The molecular weight excluding hydrogens is 585 g/mol. The third kappa shape index (κ3) is 6.62. The van der Waals surface area contributed by atoms with Crippen LogP contribution in [-0.4, -0.2) is 56.3 Å². The molecule has 2 aromatic heterocycles. The summed E-state index contributed by atoms with van der Waals surface area (Å²) < 4.78 is 48.5. The maximum atomic E-state index is 13.8. The van der Waals surface area contributed by atoms with Gasteiger partial charge in [-0.05, 0) is 104 Å². The molecule has 1 saturated heterocycles. The first-order chi connectivity index (χ1) is 21.6. The van der Waals surface area contributed by atoms with Gasteiger partial charge in [-0.2, -0.15) is 18.3 Å². The zero-order valence-electron chi connectivity index (χ0n) is 25.3. The number of carbonyl (C=O) groups is 2. The first kappa shape index (κ1) is 30.9. The summed E-state index contributed by atoms with van der Waals surface area (Å²) >= 11 is 0. The van der Waals surface area contributed by atoms with Gasteiger partial charge < -0.3 is 14.7 Å². The Morgan fingerprint density at radius 1 is 1.04 bits per heavy atom. The van der Waals surface area contributed by atoms with Crippen molar-refractivity contribution in [1.29, 1.82) is 0 Å². The summed E-state index contributed by atoms with van der Waals surface area (Å²) in [5, 5.41) is 13.0. The first-order valence-corrected chi connectivity index (χ1v) is 15.8. The van der Waals surface area contributed by atoms with Crippen LogP contribution < -0.4 is 4.74 Å². The van der Waals surface area contributed by atoms with Crippen LogP contribution in [0.25, 0.3) is 11.4 Å². The standard InChI is InChI=1S/C34H37F3N4O4/c1-2-21-18-24(22-14-16-40(17-15-22)32(42)23-10-11-23)12-13-29(21)45-20-25-6-3-4-7-26(25)28-8-5-9-30(39-28)41-31(34(35,36)37)27(19-38-41)33(43)44/h5,8-9,12-13,18-19,22-23H,2-4,6-7,10-11,14-17,20H2,1H3,(H,43,44). The normalized spacial score (nSPS) is 17.9. The van der Waals surface area contributed by atoms with Crippen LogP contribution in [-0.2, 0) is 17.4 Å². The molecule has 3 aliphatic rings. The molecule has 2 aliphatic carbocycles. The number of halogens is 3. The lowest BCUT2D eigenvalue weighted by atomic mass is 9.88. The Balaban J connectivity index is 1.19. The summed E-state index contributed by atoms with van der Waals surface area (Å²) in [4.78, 5) is 30.5. The van der Waals surface area contributed by atoms with Gasteiger partial charge in [-0.3, -0.25) is 4.79 Å². The van der Waals surface area contributed by atoms with E-state index in [9.17, 15) is 27.9 Å². The van der Waals surface area contributed by atoms with Gasteiger partial charge in [-0.15, -0.1) is 0 Å². The quantitative estimate of drug-likeness (QED) is 0.274. The molecule has 238 valence electrons. The molecule has 3 aromatic rings. The molecule has 1 amide bonds. The van der Waals surface area contributed by atoms with Crippen LogP contribution in [0.1, 0.15) is 97.1 Å². The lowest BCUT2D eigenvalue weighted by Gasteiger charge is -2.32. The fraction of sp³-hybridized carbons (Fsp3) is 0.471. The van der Waals surface area contributed by atoms with Gasteiger partial charge in [0.05, 0.1) is 11.9 Å². The van der Waals surface area contributed by atoms with Gasteiger partial charge in [0.25, 0.3) is 0 Å². The topological polar surface area (TPSA) is 97.6 Å². The summed E-state index contributed by atoms with van der Waals surface area (Å²) in [6.45, 7) is 4.06. The number of amides is 1. The number of hydrogen-bond donors (Lipinski definition) is 1. The molecule has 0 unspecified atom stereocenters. The molecule has 2 fully saturated rings. The predicted octanol–water partition coefficient (Wildman–Crippen LogP) is 7.07. The van der Waals surface area contributed by atoms with Gasteiger partial charge in [0.1, 0.15) is 17.9 Å². The summed E-state index contributed by atoms with van der Waals surface area (Å²) in [6.07, 6.45) is 3.97. The van der Waals surface area contributed by atoms with Crippen LogP contribution in [0.2, 0.25) is 0 Å². The number of hydrogen-bond acceptors (Lipinski definition) is 5. The van der Waals surface area contributed by atoms with Gasteiger partial charge in [0.2, 0.25) is 5.91 Å². The van der Waals surface area contributed by atoms with Crippen molar-refractivity contribution < 1.29 is 32.6 Å². The molecule has 1 aromatic carbocycles. The van der Waals surface area contributed by atoms with Crippen molar-refractivity contribution in [2.24, 2.45) is 5.92 Å². The minimum atomic E-state index is -4.93. The molecule has 0 bridgehead atoms. The highest BCUT2D eigenvalue weighted by Crippen LogP contribution is 2.38. The number of benzene rings is 1.